The van der Waals surface area contributed by atoms with Gasteiger partial charge in [0.2, 0.25) is 0 Å². The van der Waals surface area contributed by atoms with E-state index in [0.717, 1.165) is 29.4 Å². The van der Waals surface area contributed by atoms with Gasteiger partial charge in [-0.1, -0.05) is 19.9 Å². The highest BCUT2D eigenvalue weighted by Gasteiger charge is 2.17. The lowest BCUT2D eigenvalue weighted by Gasteiger charge is -2.33. The maximum atomic E-state index is 9.18. The van der Waals surface area contributed by atoms with E-state index in [1.165, 1.54) is 5.69 Å². The SMILES string of the molecule is CCC(CC)N(CCOC)c1ccc(CO)cc1Br. The van der Waals surface area contributed by atoms with E-state index in [1.807, 2.05) is 12.1 Å². The van der Waals surface area contributed by atoms with Gasteiger partial charge in [-0.2, -0.15) is 0 Å². The molecule has 0 bridgehead atoms. The van der Waals surface area contributed by atoms with Crippen molar-refractivity contribution >= 4 is 21.6 Å². The van der Waals surface area contributed by atoms with Crippen LogP contribution in [-0.2, 0) is 11.3 Å². The van der Waals surface area contributed by atoms with Crippen molar-refractivity contribution in [1.82, 2.24) is 0 Å². The molecule has 0 aliphatic rings. The quantitative estimate of drug-likeness (QED) is 0.791. The van der Waals surface area contributed by atoms with Crippen LogP contribution in [0.5, 0.6) is 0 Å². The first kappa shape index (κ1) is 16.5. The lowest BCUT2D eigenvalue weighted by Crippen LogP contribution is -2.37. The molecule has 0 amide bonds. The fourth-order valence-electron chi connectivity index (χ4n) is 2.30. The number of benzene rings is 1. The van der Waals surface area contributed by atoms with Crippen molar-refractivity contribution in [1.29, 1.82) is 0 Å². The second-order valence-corrected chi connectivity index (χ2v) is 5.45. The van der Waals surface area contributed by atoms with Crippen molar-refractivity contribution in [3.05, 3.63) is 28.2 Å². The van der Waals surface area contributed by atoms with Crippen LogP contribution in [0.3, 0.4) is 0 Å². The number of hydrogen-bond acceptors (Lipinski definition) is 3. The zero-order valence-electron chi connectivity index (χ0n) is 12.0. The highest BCUT2D eigenvalue weighted by Crippen LogP contribution is 2.30. The molecule has 1 N–H and O–H groups in total. The smallest absolute Gasteiger partial charge is 0.0682 e. The van der Waals surface area contributed by atoms with Crippen molar-refractivity contribution < 1.29 is 9.84 Å². The summed E-state index contributed by atoms with van der Waals surface area (Å²) < 4.78 is 6.25. The number of aliphatic hydroxyl groups excluding tert-OH is 1. The molecule has 0 radical (unpaired) electrons. The summed E-state index contributed by atoms with van der Waals surface area (Å²) in [5.74, 6) is 0. The van der Waals surface area contributed by atoms with Gasteiger partial charge in [0.1, 0.15) is 0 Å². The fourth-order valence-corrected chi connectivity index (χ4v) is 2.95. The summed E-state index contributed by atoms with van der Waals surface area (Å²) in [6.45, 7) is 6.08. The molecule has 0 aliphatic carbocycles. The maximum Gasteiger partial charge on any atom is 0.0682 e. The minimum absolute atomic E-state index is 0.0714. The number of nitrogens with zero attached hydrogens (tertiary/aromatic N) is 1. The minimum Gasteiger partial charge on any atom is -0.392 e. The first-order chi connectivity index (χ1) is 9.17. The molecule has 0 saturated heterocycles. The Morgan fingerprint density at radius 1 is 1.32 bits per heavy atom. The van der Waals surface area contributed by atoms with Crippen molar-refractivity contribution in [2.45, 2.75) is 39.3 Å². The molecule has 0 heterocycles. The van der Waals surface area contributed by atoms with Gasteiger partial charge in [-0.05, 0) is 46.5 Å². The third kappa shape index (κ3) is 4.48. The number of ether oxygens (including phenoxy) is 1. The van der Waals surface area contributed by atoms with Gasteiger partial charge in [0.05, 0.1) is 18.9 Å². The molecule has 0 fully saturated rings. The Kier molecular flexibility index (Phi) is 7.42. The molecule has 0 atom stereocenters. The Morgan fingerprint density at radius 2 is 2.00 bits per heavy atom. The van der Waals surface area contributed by atoms with Crippen molar-refractivity contribution in [2.75, 3.05) is 25.2 Å². The molecule has 0 unspecified atom stereocenters. The van der Waals surface area contributed by atoms with Gasteiger partial charge in [0.15, 0.2) is 0 Å². The van der Waals surface area contributed by atoms with E-state index in [9.17, 15) is 5.11 Å². The van der Waals surface area contributed by atoms with Crippen LogP contribution in [0.2, 0.25) is 0 Å². The molecule has 3 nitrogen and oxygen atoms in total. The van der Waals surface area contributed by atoms with Crippen LogP contribution in [0.15, 0.2) is 22.7 Å². The summed E-state index contributed by atoms with van der Waals surface area (Å²) in [7, 11) is 1.73. The second kappa shape index (κ2) is 8.56. The van der Waals surface area contributed by atoms with Gasteiger partial charge < -0.3 is 14.7 Å². The second-order valence-electron chi connectivity index (χ2n) is 4.60. The van der Waals surface area contributed by atoms with Crippen molar-refractivity contribution in [3.63, 3.8) is 0 Å². The molecular formula is C15H24BrNO2. The zero-order chi connectivity index (χ0) is 14.3. The van der Waals surface area contributed by atoms with Gasteiger partial charge in [-0.25, -0.2) is 0 Å². The molecule has 1 rings (SSSR count). The summed E-state index contributed by atoms with van der Waals surface area (Å²) in [4.78, 5) is 2.38. The Bertz CT molecular complexity index is 380. The predicted octanol–water partition coefficient (Wildman–Crippen LogP) is 3.58. The Hall–Kier alpha value is -0.580. The topological polar surface area (TPSA) is 32.7 Å². The number of rotatable bonds is 8. The van der Waals surface area contributed by atoms with Crippen LogP contribution in [0.4, 0.5) is 5.69 Å². The highest BCUT2D eigenvalue weighted by atomic mass is 79.9. The van der Waals surface area contributed by atoms with E-state index < -0.39 is 0 Å². The summed E-state index contributed by atoms with van der Waals surface area (Å²) in [6, 6.07) is 6.54. The van der Waals surface area contributed by atoms with Crippen LogP contribution in [0.1, 0.15) is 32.3 Å². The van der Waals surface area contributed by atoms with E-state index >= 15 is 0 Å². The number of hydrogen-bond donors (Lipinski definition) is 1. The zero-order valence-corrected chi connectivity index (χ0v) is 13.6. The predicted molar refractivity (Wildman–Crippen MR) is 83.7 cm³/mol. The summed E-state index contributed by atoms with van der Waals surface area (Å²) in [5.41, 5.74) is 2.09. The Labute approximate surface area is 124 Å². The molecule has 0 saturated carbocycles. The highest BCUT2D eigenvalue weighted by molar-refractivity contribution is 9.10. The van der Waals surface area contributed by atoms with Gasteiger partial charge in [0, 0.05) is 24.2 Å². The molecule has 19 heavy (non-hydrogen) atoms. The maximum absolute atomic E-state index is 9.18. The minimum atomic E-state index is 0.0714. The third-order valence-electron chi connectivity index (χ3n) is 3.42. The van der Waals surface area contributed by atoms with Crippen molar-refractivity contribution in [2.24, 2.45) is 0 Å². The summed E-state index contributed by atoms with van der Waals surface area (Å²) >= 11 is 3.61. The number of aliphatic hydroxyl groups is 1. The lowest BCUT2D eigenvalue weighted by atomic mass is 10.1. The molecule has 108 valence electrons. The fraction of sp³-hybridized carbons (Fsp3) is 0.600. The first-order valence-corrected chi connectivity index (χ1v) is 7.62. The lowest BCUT2D eigenvalue weighted by molar-refractivity contribution is 0.202. The normalized spacial score (nSPS) is 11.1. The Morgan fingerprint density at radius 3 is 2.47 bits per heavy atom. The van der Waals surface area contributed by atoms with E-state index in [0.29, 0.717) is 12.6 Å². The van der Waals surface area contributed by atoms with Crippen molar-refractivity contribution in [3.8, 4) is 0 Å². The van der Waals surface area contributed by atoms with Crippen LogP contribution >= 0.6 is 15.9 Å². The molecule has 0 spiro atoms. The third-order valence-corrected chi connectivity index (χ3v) is 4.06. The molecular weight excluding hydrogens is 306 g/mol. The monoisotopic (exact) mass is 329 g/mol. The van der Waals surface area contributed by atoms with E-state index in [4.69, 9.17) is 4.74 Å². The summed E-state index contributed by atoms with van der Waals surface area (Å²) in [5, 5.41) is 9.18. The van der Waals surface area contributed by atoms with Gasteiger partial charge in [-0.3, -0.25) is 0 Å². The van der Waals surface area contributed by atoms with Crippen LogP contribution in [0.25, 0.3) is 0 Å². The molecule has 4 heteroatoms. The largest absolute Gasteiger partial charge is 0.392 e. The summed E-state index contributed by atoms with van der Waals surface area (Å²) in [6.07, 6.45) is 2.21. The Balaban J connectivity index is 3.01. The van der Waals surface area contributed by atoms with E-state index in [2.05, 4.69) is 40.7 Å². The van der Waals surface area contributed by atoms with Gasteiger partial charge >= 0.3 is 0 Å². The van der Waals surface area contributed by atoms with Crippen LogP contribution in [-0.4, -0.2) is 31.4 Å². The average molecular weight is 330 g/mol. The van der Waals surface area contributed by atoms with Crippen LogP contribution in [0, 0.1) is 0 Å². The first-order valence-electron chi connectivity index (χ1n) is 6.82. The number of anilines is 1. The van der Waals surface area contributed by atoms with Gasteiger partial charge in [0.25, 0.3) is 0 Å². The van der Waals surface area contributed by atoms with E-state index in [-0.39, 0.29) is 6.61 Å². The standard InChI is InChI=1S/C15H24BrNO2/c1-4-13(5-2)17(8-9-19-3)15-7-6-12(11-18)10-14(15)16/h6-7,10,13,18H,4-5,8-9,11H2,1-3H3. The van der Waals surface area contributed by atoms with E-state index in [1.54, 1.807) is 7.11 Å². The molecule has 0 aliphatic heterocycles. The van der Waals surface area contributed by atoms with Gasteiger partial charge in [-0.15, -0.1) is 0 Å². The average Bonchev–Trinajstić information content (AvgIpc) is 2.44. The molecule has 1 aromatic carbocycles. The molecule has 1 aromatic rings. The number of halogens is 1. The molecule has 0 aromatic heterocycles. The van der Waals surface area contributed by atoms with Crippen LogP contribution < -0.4 is 4.90 Å². The number of methoxy groups -OCH3 is 1.